The van der Waals surface area contributed by atoms with Crippen LogP contribution >= 0.6 is 0 Å². The van der Waals surface area contributed by atoms with Crippen LogP contribution in [-0.2, 0) is 0 Å². The summed E-state index contributed by atoms with van der Waals surface area (Å²) in [6, 6.07) is 13.4. The summed E-state index contributed by atoms with van der Waals surface area (Å²) in [4.78, 5) is 0. The Kier molecular flexibility index (Phi) is 2.05. The summed E-state index contributed by atoms with van der Waals surface area (Å²) in [6.07, 6.45) is 0. The first-order valence-corrected chi connectivity index (χ1v) is 7.05. The molecule has 0 saturated heterocycles. The first-order valence-electron chi connectivity index (χ1n) is 5.89. The molecule has 0 N–H and O–H groups in total. The Hall–Kier alpha value is -1.34. The highest BCUT2D eigenvalue weighted by Crippen LogP contribution is 2.40. The van der Waals surface area contributed by atoms with Gasteiger partial charge in [0.15, 0.2) is 0 Å². The minimum atomic E-state index is 0.693. The smallest absolute Gasteiger partial charge is 0.0175 e. The molecule has 0 aliphatic heterocycles. The number of benzene rings is 2. The molecule has 16 heavy (non-hydrogen) atoms. The third kappa shape index (κ3) is 1.15. The van der Waals surface area contributed by atoms with Crippen LogP contribution in [0.2, 0.25) is 0 Å². The van der Waals surface area contributed by atoms with Crippen LogP contribution in [0.5, 0.6) is 0 Å². The highest BCUT2D eigenvalue weighted by atomic mass is 28.1. The quantitative estimate of drug-likeness (QED) is 0.603. The van der Waals surface area contributed by atoms with Gasteiger partial charge in [-0.15, -0.1) is 0 Å². The third-order valence-corrected chi connectivity index (χ3v) is 5.54. The van der Waals surface area contributed by atoms with E-state index in [0.29, 0.717) is 5.54 Å². The average Bonchev–Trinajstić information content (AvgIpc) is 2.33. The molecule has 2 aromatic carbocycles. The van der Waals surface area contributed by atoms with Crippen LogP contribution in [0.4, 0.5) is 0 Å². The van der Waals surface area contributed by atoms with E-state index in [9.17, 15) is 0 Å². The molecule has 0 bridgehead atoms. The summed E-state index contributed by atoms with van der Waals surface area (Å²) < 4.78 is 0. The molecule has 0 saturated carbocycles. The van der Waals surface area contributed by atoms with Crippen LogP contribution in [0.25, 0.3) is 16.3 Å². The second kappa shape index (κ2) is 3.32. The zero-order chi connectivity index (χ0) is 11.3. The van der Waals surface area contributed by atoms with Gasteiger partial charge in [0.1, 0.15) is 0 Å². The van der Waals surface area contributed by atoms with Crippen LogP contribution in [0.1, 0.15) is 30.5 Å². The lowest BCUT2D eigenvalue weighted by Gasteiger charge is -2.25. The van der Waals surface area contributed by atoms with Crippen molar-refractivity contribution in [1.82, 2.24) is 0 Å². The summed E-state index contributed by atoms with van der Waals surface area (Å²) in [5, 5.41) is 2.88. The SMILES string of the molecule is CC1=C(C)C([SiH3])c2cccc3cccc1c23. The maximum atomic E-state index is 2.30. The summed E-state index contributed by atoms with van der Waals surface area (Å²) >= 11 is 0. The van der Waals surface area contributed by atoms with Crippen LogP contribution in [-0.4, -0.2) is 10.2 Å². The van der Waals surface area contributed by atoms with Crippen molar-refractivity contribution in [3.05, 3.63) is 53.1 Å². The molecule has 1 unspecified atom stereocenters. The zero-order valence-corrected chi connectivity index (χ0v) is 12.0. The van der Waals surface area contributed by atoms with E-state index in [-0.39, 0.29) is 0 Å². The Balaban J connectivity index is 2.52. The van der Waals surface area contributed by atoms with Gasteiger partial charge in [-0.25, -0.2) is 0 Å². The summed E-state index contributed by atoms with van der Waals surface area (Å²) in [5.41, 5.74) is 6.74. The molecule has 0 radical (unpaired) electrons. The summed E-state index contributed by atoms with van der Waals surface area (Å²) in [7, 11) is 1.21. The number of rotatable bonds is 0. The van der Waals surface area contributed by atoms with Crippen LogP contribution < -0.4 is 0 Å². The highest BCUT2D eigenvalue weighted by molar-refractivity contribution is 6.18. The van der Waals surface area contributed by atoms with Crippen molar-refractivity contribution in [1.29, 1.82) is 0 Å². The lowest BCUT2D eigenvalue weighted by molar-refractivity contribution is 1.09. The molecule has 0 fully saturated rings. The van der Waals surface area contributed by atoms with E-state index in [2.05, 4.69) is 50.2 Å². The molecular formula is C15H16Si. The molecule has 2 aromatic rings. The van der Waals surface area contributed by atoms with E-state index in [1.165, 1.54) is 32.2 Å². The van der Waals surface area contributed by atoms with Gasteiger partial charge in [-0.3, -0.25) is 0 Å². The largest absolute Gasteiger partial charge is 0.0660 e. The first-order chi connectivity index (χ1) is 7.70. The normalized spacial score (nSPS) is 19.5. The van der Waals surface area contributed by atoms with Crippen LogP contribution in [0.15, 0.2) is 42.0 Å². The maximum Gasteiger partial charge on any atom is 0.0175 e. The fourth-order valence-electron chi connectivity index (χ4n) is 2.81. The zero-order valence-electron chi connectivity index (χ0n) is 10.0. The Morgan fingerprint density at radius 1 is 1.00 bits per heavy atom. The van der Waals surface area contributed by atoms with Crippen molar-refractivity contribution in [3.63, 3.8) is 0 Å². The lowest BCUT2D eigenvalue weighted by atomic mass is 9.84. The van der Waals surface area contributed by atoms with Gasteiger partial charge >= 0.3 is 0 Å². The number of hydrogen-bond donors (Lipinski definition) is 0. The van der Waals surface area contributed by atoms with Crippen molar-refractivity contribution in [2.24, 2.45) is 0 Å². The summed E-state index contributed by atoms with van der Waals surface area (Å²) in [6.45, 7) is 4.56. The van der Waals surface area contributed by atoms with E-state index < -0.39 is 0 Å². The topological polar surface area (TPSA) is 0 Å². The van der Waals surface area contributed by atoms with Crippen molar-refractivity contribution >= 4 is 26.6 Å². The fraction of sp³-hybridized carbons (Fsp3) is 0.200. The van der Waals surface area contributed by atoms with Gasteiger partial charge in [-0.1, -0.05) is 42.0 Å². The molecule has 0 spiro atoms. The Morgan fingerprint density at radius 2 is 1.69 bits per heavy atom. The predicted molar refractivity (Wildman–Crippen MR) is 74.9 cm³/mol. The van der Waals surface area contributed by atoms with Gasteiger partial charge in [0.05, 0.1) is 0 Å². The van der Waals surface area contributed by atoms with E-state index in [1.54, 1.807) is 11.1 Å². The highest BCUT2D eigenvalue weighted by Gasteiger charge is 2.20. The molecule has 0 amide bonds. The first kappa shape index (κ1) is 9.85. The van der Waals surface area contributed by atoms with E-state index in [1.807, 2.05) is 0 Å². The standard InChI is InChI=1S/C15H16Si/c1-9-10(2)15(16)13-8-4-6-11-5-3-7-12(9)14(11)13/h3-8,15H,1-2,16H3. The van der Waals surface area contributed by atoms with E-state index >= 15 is 0 Å². The minimum absolute atomic E-state index is 0.693. The van der Waals surface area contributed by atoms with Crippen molar-refractivity contribution in [2.75, 3.05) is 0 Å². The Labute approximate surface area is 99.4 Å². The molecule has 3 rings (SSSR count). The second-order valence-electron chi connectivity index (χ2n) is 4.78. The Bertz CT molecular complexity index is 603. The van der Waals surface area contributed by atoms with Gasteiger partial charge in [0.25, 0.3) is 0 Å². The molecular weight excluding hydrogens is 208 g/mol. The number of allylic oxidation sites excluding steroid dienone is 2. The fourth-order valence-corrected chi connectivity index (χ4v) is 3.73. The van der Waals surface area contributed by atoms with Gasteiger partial charge in [0, 0.05) is 10.2 Å². The second-order valence-corrected chi connectivity index (χ2v) is 5.94. The van der Waals surface area contributed by atoms with Gasteiger partial charge in [0.2, 0.25) is 0 Å². The molecule has 1 aliphatic carbocycles. The van der Waals surface area contributed by atoms with E-state index in [4.69, 9.17) is 0 Å². The predicted octanol–water partition coefficient (Wildman–Crippen LogP) is 3.05. The van der Waals surface area contributed by atoms with Crippen LogP contribution in [0, 0.1) is 0 Å². The molecule has 1 heteroatoms. The molecule has 1 atom stereocenters. The maximum absolute atomic E-state index is 2.30. The molecule has 0 heterocycles. The average molecular weight is 224 g/mol. The van der Waals surface area contributed by atoms with Gasteiger partial charge in [-0.05, 0) is 46.9 Å². The van der Waals surface area contributed by atoms with Crippen molar-refractivity contribution in [2.45, 2.75) is 19.4 Å². The van der Waals surface area contributed by atoms with Gasteiger partial charge in [-0.2, -0.15) is 0 Å². The third-order valence-electron chi connectivity index (χ3n) is 4.05. The van der Waals surface area contributed by atoms with Crippen molar-refractivity contribution < 1.29 is 0 Å². The Morgan fingerprint density at radius 3 is 2.44 bits per heavy atom. The molecule has 0 aromatic heterocycles. The minimum Gasteiger partial charge on any atom is -0.0660 e. The molecule has 1 aliphatic rings. The van der Waals surface area contributed by atoms with Crippen LogP contribution in [0.3, 0.4) is 0 Å². The summed E-state index contributed by atoms with van der Waals surface area (Å²) in [5.74, 6) is 0. The van der Waals surface area contributed by atoms with Gasteiger partial charge < -0.3 is 0 Å². The van der Waals surface area contributed by atoms with E-state index in [0.717, 1.165) is 0 Å². The monoisotopic (exact) mass is 224 g/mol. The molecule has 0 nitrogen and oxygen atoms in total. The number of hydrogen-bond acceptors (Lipinski definition) is 0. The molecule has 80 valence electrons. The van der Waals surface area contributed by atoms with Crippen molar-refractivity contribution in [3.8, 4) is 0 Å². The lowest BCUT2D eigenvalue weighted by Crippen LogP contribution is -2.08.